The molecule has 9 heteroatoms. The fourth-order valence-corrected chi connectivity index (χ4v) is 3.08. The highest BCUT2D eigenvalue weighted by molar-refractivity contribution is 6.32. The standard InChI is InChI=1S/C25H32ClN3O5/c1-16-11-20(12-17(2)23(16)26)33-15-22(31)29-19-8-6-7-18(13-19)14-28-21(30)9-10-27-24(32)34-25(3,4)5/h6-8,11-13H,9-10,14-15H2,1-5H3,(H,27,32)(H,28,30)(H,29,31). The predicted molar refractivity (Wildman–Crippen MR) is 132 cm³/mol. The van der Waals surface area contributed by atoms with Crippen LogP contribution in [0.4, 0.5) is 10.5 Å². The van der Waals surface area contributed by atoms with E-state index in [0.29, 0.717) is 16.5 Å². The quantitative estimate of drug-likeness (QED) is 0.480. The smallest absolute Gasteiger partial charge is 0.407 e. The minimum absolute atomic E-state index is 0.122. The van der Waals surface area contributed by atoms with Crippen molar-refractivity contribution >= 4 is 35.2 Å². The van der Waals surface area contributed by atoms with Crippen LogP contribution in [0.3, 0.4) is 0 Å². The molecule has 2 aromatic carbocycles. The molecule has 34 heavy (non-hydrogen) atoms. The summed E-state index contributed by atoms with van der Waals surface area (Å²) < 4.78 is 10.7. The van der Waals surface area contributed by atoms with Gasteiger partial charge in [-0.3, -0.25) is 9.59 Å². The van der Waals surface area contributed by atoms with Crippen LogP contribution in [0.5, 0.6) is 5.75 Å². The second-order valence-corrected chi connectivity index (χ2v) is 9.24. The molecule has 0 radical (unpaired) electrons. The van der Waals surface area contributed by atoms with Crippen molar-refractivity contribution in [3.8, 4) is 5.75 Å². The Hall–Kier alpha value is -3.26. The molecule has 8 nitrogen and oxygen atoms in total. The van der Waals surface area contributed by atoms with Gasteiger partial charge in [0, 0.05) is 30.2 Å². The zero-order valence-corrected chi connectivity index (χ0v) is 21.0. The molecule has 0 fully saturated rings. The Morgan fingerprint density at radius 3 is 2.29 bits per heavy atom. The summed E-state index contributed by atoms with van der Waals surface area (Å²) in [6.45, 7) is 9.37. The molecule has 0 saturated carbocycles. The predicted octanol–water partition coefficient (Wildman–Crippen LogP) is 4.51. The van der Waals surface area contributed by atoms with Gasteiger partial charge < -0.3 is 25.4 Å². The molecule has 0 heterocycles. The Labute approximate surface area is 205 Å². The average molecular weight is 490 g/mol. The first-order chi connectivity index (χ1) is 15.9. The van der Waals surface area contributed by atoms with Gasteiger partial charge in [0.2, 0.25) is 5.91 Å². The summed E-state index contributed by atoms with van der Waals surface area (Å²) in [6.07, 6.45) is -0.439. The van der Waals surface area contributed by atoms with Crippen LogP contribution < -0.4 is 20.7 Å². The lowest BCUT2D eigenvalue weighted by molar-refractivity contribution is -0.121. The maximum atomic E-state index is 12.3. The number of anilines is 1. The van der Waals surface area contributed by atoms with Gasteiger partial charge in [0.05, 0.1) is 0 Å². The lowest BCUT2D eigenvalue weighted by atomic mass is 10.1. The Balaban J connectivity index is 1.76. The molecule has 3 amide bonds. The minimum Gasteiger partial charge on any atom is -0.484 e. The van der Waals surface area contributed by atoms with Gasteiger partial charge in [-0.25, -0.2) is 4.79 Å². The molecule has 0 spiro atoms. The Morgan fingerprint density at radius 2 is 1.65 bits per heavy atom. The SMILES string of the molecule is Cc1cc(OCC(=O)Nc2cccc(CNC(=O)CCNC(=O)OC(C)(C)C)c2)cc(C)c1Cl. The molecule has 0 aliphatic rings. The van der Waals surface area contributed by atoms with Crippen molar-refractivity contribution in [2.75, 3.05) is 18.5 Å². The number of hydrogen-bond acceptors (Lipinski definition) is 5. The van der Waals surface area contributed by atoms with Crippen LogP contribution in [0.15, 0.2) is 36.4 Å². The highest BCUT2D eigenvalue weighted by atomic mass is 35.5. The van der Waals surface area contributed by atoms with Crippen LogP contribution in [-0.2, 0) is 20.9 Å². The summed E-state index contributed by atoms with van der Waals surface area (Å²) in [5.74, 6) is 0.0549. The number of benzene rings is 2. The summed E-state index contributed by atoms with van der Waals surface area (Å²) in [5.41, 5.74) is 2.58. The summed E-state index contributed by atoms with van der Waals surface area (Å²) in [4.78, 5) is 35.9. The number of carbonyl (C=O) groups is 3. The zero-order valence-electron chi connectivity index (χ0n) is 20.2. The second-order valence-electron chi connectivity index (χ2n) is 8.86. The molecule has 0 saturated heterocycles. The fourth-order valence-electron chi connectivity index (χ4n) is 2.98. The number of amides is 3. The summed E-state index contributed by atoms with van der Waals surface area (Å²) in [7, 11) is 0. The molecule has 0 aromatic heterocycles. The first-order valence-electron chi connectivity index (χ1n) is 10.9. The molecule has 0 aliphatic carbocycles. The normalized spacial score (nSPS) is 10.9. The van der Waals surface area contributed by atoms with Gasteiger partial charge in [0.25, 0.3) is 5.91 Å². The lowest BCUT2D eigenvalue weighted by Gasteiger charge is -2.19. The van der Waals surface area contributed by atoms with Crippen molar-refractivity contribution in [3.05, 3.63) is 58.1 Å². The third kappa shape index (κ3) is 9.70. The average Bonchev–Trinajstić information content (AvgIpc) is 2.73. The maximum absolute atomic E-state index is 12.3. The number of nitrogens with one attached hydrogen (secondary N) is 3. The van der Waals surface area contributed by atoms with Crippen LogP contribution in [0.1, 0.15) is 43.9 Å². The van der Waals surface area contributed by atoms with E-state index in [0.717, 1.165) is 16.7 Å². The van der Waals surface area contributed by atoms with Crippen molar-refractivity contribution in [3.63, 3.8) is 0 Å². The van der Waals surface area contributed by atoms with E-state index in [1.807, 2.05) is 19.9 Å². The van der Waals surface area contributed by atoms with Gasteiger partial charge in [-0.05, 0) is 75.6 Å². The van der Waals surface area contributed by atoms with E-state index < -0.39 is 11.7 Å². The highest BCUT2D eigenvalue weighted by Crippen LogP contribution is 2.25. The van der Waals surface area contributed by atoms with E-state index in [-0.39, 0.29) is 37.9 Å². The molecule has 2 rings (SSSR count). The Kier molecular flexibility index (Phi) is 9.74. The number of alkyl carbamates (subject to hydrolysis) is 1. The maximum Gasteiger partial charge on any atom is 0.407 e. The van der Waals surface area contributed by atoms with Crippen molar-refractivity contribution in [2.45, 2.75) is 53.2 Å². The fraction of sp³-hybridized carbons (Fsp3) is 0.400. The number of carbonyl (C=O) groups excluding carboxylic acids is 3. The van der Waals surface area contributed by atoms with Crippen LogP contribution in [-0.4, -0.2) is 36.7 Å². The van der Waals surface area contributed by atoms with E-state index in [2.05, 4.69) is 16.0 Å². The number of halogens is 1. The molecule has 0 atom stereocenters. The Bertz CT molecular complexity index is 1010. The van der Waals surface area contributed by atoms with Crippen LogP contribution in [0.25, 0.3) is 0 Å². The number of aryl methyl sites for hydroxylation is 2. The molecule has 184 valence electrons. The molecular formula is C25H32ClN3O5. The summed E-state index contributed by atoms with van der Waals surface area (Å²) >= 11 is 6.16. The number of ether oxygens (including phenoxy) is 2. The van der Waals surface area contributed by atoms with E-state index in [4.69, 9.17) is 21.1 Å². The minimum atomic E-state index is -0.590. The van der Waals surface area contributed by atoms with E-state index >= 15 is 0 Å². The van der Waals surface area contributed by atoms with Crippen molar-refractivity contribution in [1.82, 2.24) is 10.6 Å². The first-order valence-corrected chi connectivity index (χ1v) is 11.3. The van der Waals surface area contributed by atoms with Gasteiger partial charge in [-0.1, -0.05) is 23.7 Å². The van der Waals surface area contributed by atoms with Gasteiger partial charge in [-0.15, -0.1) is 0 Å². The van der Waals surface area contributed by atoms with Gasteiger partial charge in [-0.2, -0.15) is 0 Å². The molecule has 0 unspecified atom stereocenters. The largest absolute Gasteiger partial charge is 0.484 e. The lowest BCUT2D eigenvalue weighted by Crippen LogP contribution is -2.35. The summed E-state index contributed by atoms with van der Waals surface area (Å²) in [5, 5.41) is 8.79. The van der Waals surface area contributed by atoms with Crippen LogP contribution >= 0.6 is 11.6 Å². The summed E-state index contributed by atoms with van der Waals surface area (Å²) in [6, 6.07) is 10.7. The monoisotopic (exact) mass is 489 g/mol. The van der Waals surface area contributed by atoms with Crippen molar-refractivity contribution in [1.29, 1.82) is 0 Å². The van der Waals surface area contributed by atoms with Crippen LogP contribution in [0, 0.1) is 13.8 Å². The third-order valence-electron chi connectivity index (χ3n) is 4.50. The zero-order chi connectivity index (χ0) is 25.3. The van der Waals surface area contributed by atoms with Crippen LogP contribution in [0.2, 0.25) is 5.02 Å². The highest BCUT2D eigenvalue weighted by Gasteiger charge is 2.16. The molecular weight excluding hydrogens is 458 g/mol. The second kappa shape index (κ2) is 12.3. The molecule has 3 N–H and O–H groups in total. The Morgan fingerprint density at radius 1 is 0.971 bits per heavy atom. The van der Waals surface area contributed by atoms with Gasteiger partial charge in [0.15, 0.2) is 6.61 Å². The van der Waals surface area contributed by atoms with Crippen molar-refractivity contribution < 1.29 is 23.9 Å². The molecule has 0 aliphatic heterocycles. The van der Waals surface area contributed by atoms with Gasteiger partial charge in [0.1, 0.15) is 11.4 Å². The van der Waals surface area contributed by atoms with E-state index in [1.54, 1.807) is 51.1 Å². The van der Waals surface area contributed by atoms with E-state index in [9.17, 15) is 14.4 Å². The van der Waals surface area contributed by atoms with Gasteiger partial charge >= 0.3 is 6.09 Å². The topological polar surface area (TPSA) is 106 Å². The first kappa shape index (κ1) is 27.0. The van der Waals surface area contributed by atoms with E-state index in [1.165, 1.54) is 0 Å². The number of hydrogen-bond donors (Lipinski definition) is 3. The van der Waals surface area contributed by atoms with Crippen molar-refractivity contribution in [2.24, 2.45) is 0 Å². The number of rotatable bonds is 9. The third-order valence-corrected chi connectivity index (χ3v) is 5.10. The molecule has 0 bridgehead atoms. The molecule has 2 aromatic rings.